The quantitative estimate of drug-likeness (QED) is 0.900. The van der Waals surface area contributed by atoms with Crippen LogP contribution in [0.2, 0.25) is 10.0 Å². The van der Waals surface area contributed by atoms with Gasteiger partial charge in [-0.2, -0.15) is 0 Å². The third kappa shape index (κ3) is 2.83. The van der Waals surface area contributed by atoms with E-state index in [4.69, 9.17) is 23.2 Å². The summed E-state index contributed by atoms with van der Waals surface area (Å²) in [5, 5.41) is 4.46. The van der Waals surface area contributed by atoms with Crippen molar-refractivity contribution in [3.05, 3.63) is 16.1 Å². The van der Waals surface area contributed by atoms with E-state index in [1.54, 1.807) is 6.07 Å². The maximum atomic E-state index is 6.26. The molecule has 1 N–H and O–H groups in total. The lowest BCUT2D eigenvalue weighted by Crippen LogP contribution is -2.27. The molecule has 100 valence electrons. The fraction of sp³-hybridized carbons (Fsp3) is 0.615. The van der Waals surface area contributed by atoms with Gasteiger partial charge in [0.05, 0.1) is 10.0 Å². The molecule has 18 heavy (non-hydrogen) atoms. The Labute approximate surface area is 118 Å². The lowest BCUT2D eigenvalue weighted by molar-refractivity contribution is 0.727. The summed E-state index contributed by atoms with van der Waals surface area (Å²) in [5.41, 5.74) is 0. The smallest absolute Gasteiger partial charge is 0.150 e. The number of aromatic nitrogens is 1. The summed E-state index contributed by atoms with van der Waals surface area (Å²) in [7, 11) is 0. The first-order chi connectivity index (χ1) is 8.63. The molecule has 0 spiro atoms. The Morgan fingerprint density at radius 3 is 2.83 bits per heavy atom. The Kier molecular flexibility index (Phi) is 4.57. The first-order valence-corrected chi connectivity index (χ1v) is 7.25. The Balaban J connectivity index is 2.28. The highest BCUT2D eigenvalue weighted by atomic mass is 35.5. The van der Waals surface area contributed by atoms with Gasteiger partial charge in [0.15, 0.2) is 0 Å². The van der Waals surface area contributed by atoms with E-state index < -0.39 is 0 Å². The average Bonchev–Trinajstić information content (AvgIpc) is 2.74. The molecule has 1 aromatic heterocycles. The van der Waals surface area contributed by atoms with Crippen LogP contribution in [-0.2, 0) is 0 Å². The van der Waals surface area contributed by atoms with Crippen molar-refractivity contribution in [1.82, 2.24) is 4.98 Å². The van der Waals surface area contributed by atoms with Gasteiger partial charge in [-0.1, -0.05) is 30.1 Å². The van der Waals surface area contributed by atoms with Crippen molar-refractivity contribution in [2.24, 2.45) is 0 Å². The second-order valence-electron chi connectivity index (χ2n) is 4.74. The fourth-order valence-electron chi connectivity index (χ4n) is 2.27. The molecule has 0 radical (unpaired) electrons. The molecule has 1 aliphatic rings. The molecule has 1 aliphatic heterocycles. The van der Waals surface area contributed by atoms with Crippen LogP contribution in [0, 0.1) is 0 Å². The molecule has 1 unspecified atom stereocenters. The third-order valence-corrected chi connectivity index (χ3v) is 3.84. The Morgan fingerprint density at radius 1 is 1.44 bits per heavy atom. The normalized spacial score (nSPS) is 19.3. The molecular weight excluding hydrogens is 269 g/mol. The van der Waals surface area contributed by atoms with Gasteiger partial charge in [-0.15, -0.1) is 0 Å². The molecule has 0 aliphatic carbocycles. The molecule has 0 saturated carbocycles. The second-order valence-corrected chi connectivity index (χ2v) is 5.55. The molecule has 2 rings (SSSR count). The number of rotatable bonds is 4. The van der Waals surface area contributed by atoms with Crippen LogP contribution in [0.4, 0.5) is 11.6 Å². The zero-order valence-electron chi connectivity index (χ0n) is 10.8. The lowest BCUT2D eigenvalue weighted by atomic mass is 10.2. The van der Waals surface area contributed by atoms with E-state index in [1.807, 2.05) is 0 Å². The number of hydrogen-bond acceptors (Lipinski definition) is 3. The minimum atomic E-state index is 0.496. The van der Waals surface area contributed by atoms with Gasteiger partial charge in [-0.25, -0.2) is 4.98 Å². The van der Waals surface area contributed by atoms with Crippen molar-refractivity contribution in [2.45, 2.75) is 39.2 Å². The number of nitrogens with zero attached hydrogens (tertiary/aromatic N) is 2. The van der Waals surface area contributed by atoms with E-state index in [-0.39, 0.29) is 0 Å². The largest absolute Gasteiger partial charge is 0.369 e. The monoisotopic (exact) mass is 287 g/mol. The van der Waals surface area contributed by atoms with Gasteiger partial charge in [0.25, 0.3) is 0 Å². The summed E-state index contributed by atoms with van der Waals surface area (Å²) in [6, 6.07) is 2.28. The summed E-state index contributed by atoms with van der Waals surface area (Å²) in [4.78, 5) is 6.85. The maximum Gasteiger partial charge on any atom is 0.150 e. The minimum absolute atomic E-state index is 0.496. The molecular formula is C13H19Cl2N3. The van der Waals surface area contributed by atoms with Gasteiger partial charge in [-0.3, -0.25) is 0 Å². The lowest BCUT2D eigenvalue weighted by Gasteiger charge is -2.24. The van der Waals surface area contributed by atoms with Crippen molar-refractivity contribution < 1.29 is 0 Å². The van der Waals surface area contributed by atoms with E-state index in [1.165, 1.54) is 12.8 Å². The molecule has 0 amide bonds. The van der Waals surface area contributed by atoms with Crippen LogP contribution < -0.4 is 10.2 Å². The van der Waals surface area contributed by atoms with Crippen LogP contribution in [0.1, 0.15) is 33.1 Å². The fourth-order valence-corrected chi connectivity index (χ4v) is 2.81. The van der Waals surface area contributed by atoms with Crippen molar-refractivity contribution in [2.75, 3.05) is 23.3 Å². The van der Waals surface area contributed by atoms with Gasteiger partial charge in [0, 0.05) is 19.1 Å². The van der Waals surface area contributed by atoms with Crippen LogP contribution in [-0.4, -0.2) is 24.1 Å². The Bertz CT molecular complexity index is 423. The molecule has 1 saturated heterocycles. The van der Waals surface area contributed by atoms with Gasteiger partial charge >= 0.3 is 0 Å². The van der Waals surface area contributed by atoms with Gasteiger partial charge < -0.3 is 10.2 Å². The van der Waals surface area contributed by atoms with E-state index in [9.17, 15) is 0 Å². The van der Waals surface area contributed by atoms with Crippen molar-refractivity contribution in [1.29, 1.82) is 0 Å². The molecule has 1 aromatic rings. The Hall–Kier alpha value is -0.670. The molecule has 2 heterocycles. The topological polar surface area (TPSA) is 28.2 Å². The first-order valence-electron chi connectivity index (χ1n) is 6.50. The highest BCUT2D eigenvalue weighted by Gasteiger charge is 2.24. The van der Waals surface area contributed by atoms with E-state index in [2.05, 4.69) is 29.0 Å². The Morgan fingerprint density at radius 2 is 2.22 bits per heavy atom. The zero-order chi connectivity index (χ0) is 13.1. The SMILES string of the molecule is CCCNc1nc(N2CCCC2C)c(Cl)cc1Cl. The second kappa shape index (κ2) is 5.98. The van der Waals surface area contributed by atoms with Gasteiger partial charge in [-0.05, 0) is 32.3 Å². The molecule has 1 atom stereocenters. The molecule has 0 bridgehead atoms. The standard InChI is InChI=1S/C13H19Cl2N3/c1-3-6-16-12-10(14)8-11(15)13(17-12)18-7-4-5-9(18)2/h8-9H,3-7H2,1-2H3,(H,16,17). The summed E-state index contributed by atoms with van der Waals surface area (Å²) < 4.78 is 0. The first kappa shape index (κ1) is 13.8. The van der Waals surface area contributed by atoms with E-state index in [0.717, 1.165) is 31.1 Å². The van der Waals surface area contributed by atoms with Crippen LogP contribution in [0.25, 0.3) is 0 Å². The maximum absolute atomic E-state index is 6.26. The average molecular weight is 288 g/mol. The summed E-state index contributed by atoms with van der Waals surface area (Å²) >= 11 is 12.4. The van der Waals surface area contributed by atoms with Gasteiger partial charge in [0.1, 0.15) is 11.6 Å². The van der Waals surface area contributed by atoms with Crippen molar-refractivity contribution >= 4 is 34.8 Å². The summed E-state index contributed by atoms with van der Waals surface area (Å²) in [6.45, 7) is 6.20. The third-order valence-electron chi connectivity index (χ3n) is 3.28. The van der Waals surface area contributed by atoms with E-state index in [0.29, 0.717) is 16.1 Å². The van der Waals surface area contributed by atoms with Crippen LogP contribution in [0.3, 0.4) is 0 Å². The number of hydrogen-bond donors (Lipinski definition) is 1. The molecule has 1 fully saturated rings. The molecule has 5 heteroatoms. The number of anilines is 2. The van der Waals surface area contributed by atoms with Crippen molar-refractivity contribution in [3.8, 4) is 0 Å². The number of nitrogens with one attached hydrogen (secondary N) is 1. The van der Waals surface area contributed by atoms with Crippen molar-refractivity contribution in [3.63, 3.8) is 0 Å². The number of halogens is 2. The predicted molar refractivity (Wildman–Crippen MR) is 79.1 cm³/mol. The molecule has 3 nitrogen and oxygen atoms in total. The van der Waals surface area contributed by atoms with Crippen LogP contribution in [0.5, 0.6) is 0 Å². The predicted octanol–water partition coefficient (Wildman–Crippen LogP) is 4.20. The summed E-state index contributed by atoms with van der Waals surface area (Å²) in [5.74, 6) is 1.58. The van der Waals surface area contributed by atoms with Crippen LogP contribution >= 0.6 is 23.2 Å². The van der Waals surface area contributed by atoms with E-state index >= 15 is 0 Å². The zero-order valence-corrected chi connectivity index (χ0v) is 12.4. The van der Waals surface area contributed by atoms with Gasteiger partial charge in [0.2, 0.25) is 0 Å². The highest BCUT2D eigenvalue weighted by molar-refractivity contribution is 6.37. The minimum Gasteiger partial charge on any atom is -0.369 e. The molecule has 0 aromatic carbocycles. The highest BCUT2D eigenvalue weighted by Crippen LogP contribution is 2.34. The number of pyridine rings is 1. The van der Waals surface area contributed by atoms with Crippen LogP contribution in [0.15, 0.2) is 6.07 Å². The summed E-state index contributed by atoms with van der Waals surface area (Å²) in [6.07, 6.45) is 3.42.